The maximum atomic E-state index is 9.80. The zero-order valence-corrected chi connectivity index (χ0v) is 12.9. The second-order valence-corrected chi connectivity index (χ2v) is 6.09. The fourth-order valence-electron chi connectivity index (χ4n) is 3.25. The van der Waals surface area contributed by atoms with Crippen LogP contribution in [-0.2, 0) is 13.1 Å². The SMILES string of the molecule is Cc1cc(CN2CCC[C@@H](O)C2)c(C)n1Cc1ccco1. The number of β-amino-alcohol motifs (C(OH)–C–C–N with tert-alkyl or cyclic N) is 1. The number of likely N-dealkylation sites (tertiary alicyclic amines) is 1. The molecule has 0 bridgehead atoms. The Bertz CT molecular complexity index is 586. The van der Waals surface area contributed by atoms with Crippen LogP contribution in [0.5, 0.6) is 0 Å². The summed E-state index contributed by atoms with van der Waals surface area (Å²) in [6.45, 7) is 7.90. The van der Waals surface area contributed by atoms with Crippen molar-refractivity contribution in [3.8, 4) is 0 Å². The molecular weight excluding hydrogens is 264 g/mol. The lowest BCUT2D eigenvalue weighted by Gasteiger charge is -2.29. The van der Waals surface area contributed by atoms with Crippen LogP contribution in [0.25, 0.3) is 0 Å². The van der Waals surface area contributed by atoms with E-state index in [0.717, 1.165) is 44.8 Å². The van der Waals surface area contributed by atoms with Crippen molar-refractivity contribution in [3.05, 3.63) is 47.2 Å². The highest BCUT2D eigenvalue weighted by Crippen LogP contribution is 2.21. The Labute approximate surface area is 126 Å². The van der Waals surface area contributed by atoms with E-state index in [1.54, 1.807) is 6.26 Å². The molecule has 1 N–H and O–H groups in total. The minimum Gasteiger partial charge on any atom is -0.467 e. The molecule has 1 fully saturated rings. The highest BCUT2D eigenvalue weighted by Gasteiger charge is 2.19. The molecular formula is C17H24N2O2. The van der Waals surface area contributed by atoms with E-state index in [-0.39, 0.29) is 6.10 Å². The lowest BCUT2D eigenvalue weighted by Crippen LogP contribution is -2.37. The Morgan fingerprint density at radius 3 is 2.90 bits per heavy atom. The number of hydrogen-bond acceptors (Lipinski definition) is 3. The van der Waals surface area contributed by atoms with E-state index in [2.05, 4.69) is 29.4 Å². The van der Waals surface area contributed by atoms with Gasteiger partial charge >= 0.3 is 0 Å². The summed E-state index contributed by atoms with van der Waals surface area (Å²) < 4.78 is 7.76. The summed E-state index contributed by atoms with van der Waals surface area (Å²) >= 11 is 0. The highest BCUT2D eigenvalue weighted by molar-refractivity contribution is 5.27. The number of aromatic nitrogens is 1. The fraction of sp³-hybridized carbons (Fsp3) is 0.529. The summed E-state index contributed by atoms with van der Waals surface area (Å²) in [6.07, 6.45) is 3.59. The molecule has 2 aromatic heterocycles. The maximum absolute atomic E-state index is 9.80. The van der Waals surface area contributed by atoms with Gasteiger partial charge in [-0.2, -0.15) is 0 Å². The van der Waals surface area contributed by atoms with E-state index in [0.29, 0.717) is 0 Å². The van der Waals surface area contributed by atoms with E-state index in [4.69, 9.17) is 4.42 Å². The average Bonchev–Trinajstić information content (AvgIpc) is 3.04. The van der Waals surface area contributed by atoms with Crippen LogP contribution in [0.2, 0.25) is 0 Å². The van der Waals surface area contributed by atoms with Gasteiger partial charge in [-0.3, -0.25) is 4.90 Å². The molecule has 0 spiro atoms. The largest absolute Gasteiger partial charge is 0.467 e. The molecule has 3 heterocycles. The van der Waals surface area contributed by atoms with Crippen molar-refractivity contribution in [2.45, 2.75) is 45.9 Å². The molecule has 0 aromatic carbocycles. The lowest BCUT2D eigenvalue weighted by atomic mass is 10.1. The van der Waals surface area contributed by atoms with Gasteiger partial charge in [-0.1, -0.05) is 0 Å². The van der Waals surface area contributed by atoms with Crippen LogP contribution < -0.4 is 0 Å². The predicted molar refractivity (Wildman–Crippen MR) is 82.2 cm³/mol. The summed E-state index contributed by atoms with van der Waals surface area (Å²) in [7, 11) is 0. The molecule has 1 aliphatic rings. The standard InChI is InChI=1S/C17H24N2O2/c1-13-9-15(10-18-7-3-5-16(20)11-18)14(2)19(13)12-17-6-4-8-21-17/h4,6,8-9,16,20H,3,5,7,10-12H2,1-2H3/t16-/m1/s1. The van der Waals surface area contributed by atoms with Crippen LogP contribution in [0.15, 0.2) is 28.9 Å². The molecule has 0 amide bonds. The Kier molecular flexibility index (Phi) is 4.17. The van der Waals surface area contributed by atoms with Crippen molar-refractivity contribution < 1.29 is 9.52 Å². The van der Waals surface area contributed by atoms with Crippen LogP contribution in [0.1, 0.15) is 35.6 Å². The summed E-state index contributed by atoms with van der Waals surface area (Å²) in [5, 5.41) is 9.80. The number of aliphatic hydroxyl groups excluding tert-OH is 1. The molecule has 3 rings (SSSR count). The van der Waals surface area contributed by atoms with Gasteiger partial charge in [0.2, 0.25) is 0 Å². The molecule has 1 saturated heterocycles. The molecule has 1 atom stereocenters. The van der Waals surface area contributed by atoms with Gasteiger partial charge in [0.25, 0.3) is 0 Å². The first-order chi connectivity index (χ1) is 10.1. The van der Waals surface area contributed by atoms with Crippen molar-refractivity contribution in [2.24, 2.45) is 0 Å². The lowest BCUT2D eigenvalue weighted by molar-refractivity contribution is 0.0667. The van der Waals surface area contributed by atoms with Gasteiger partial charge in [0.1, 0.15) is 5.76 Å². The van der Waals surface area contributed by atoms with Crippen LogP contribution in [0.3, 0.4) is 0 Å². The van der Waals surface area contributed by atoms with Gasteiger partial charge in [0.05, 0.1) is 18.9 Å². The first-order valence-corrected chi connectivity index (χ1v) is 7.72. The summed E-state index contributed by atoms with van der Waals surface area (Å²) in [6, 6.07) is 6.21. The Hall–Kier alpha value is -1.52. The molecule has 0 saturated carbocycles. The van der Waals surface area contributed by atoms with Crippen molar-refractivity contribution in [2.75, 3.05) is 13.1 Å². The van der Waals surface area contributed by atoms with Crippen LogP contribution in [0, 0.1) is 13.8 Å². The van der Waals surface area contributed by atoms with Gasteiger partial charge < -0.3 is 14.1 Å². The minimum absolute atomic E-state index is 0.162. The zero-order chi connectivity index (χ0) is 14.8. The fourth-order valence-corrected chi connectivity index (χ4v) is 3.25. The number of piperidine rings is 1. The monoisotopic (exact) mass is 288 g/mol. The van der Waals surface area contributed by atoms with Crippen molar-refractivity contribution in [1.29, 1.82) is 0 Å². The van der Waals surface area contributed by atoms with Crippen LogP contribution >= 0.6 is 0 Å². The molecule has 1 aliphatic heterocycles. The van der Waals surface area contributed by atoms with Gasteiger partial charge in [-0.15, -0.1) is 0 Å². The number of furan rings is 1. The second kappa shape index (κ2) is 6.08. The molecule has 2 aromatic rings. The third kappa shape index (κ3) is 3.22. The zero-order valence-electron chi connectivity index (χ0n) is 12.9. The first-order valence-electron chi connectivity index (χ1n) is 7.72. The maximum Gasteiger partial charge on any atom is 0.123 e. The predicted octanol–water partition coefficient (Wildman–Crippen LogP) is 2.70. The third-order valence-electron chi connectivity index (χ3n) is 4.45. The van der Waals surface area contributed by atoms with E-state index >= 15 is 0 Å². The van der Waals surface area contributed by atoms with E-state index in [1.165, 1.54) is 17.0 Å². The van der Waals surface area contributed by atoms with Gasteiger partial charge in [-0.05, 0) is 57.0 Å². The van der Waals surface area contributed by atoms with Crippen LogP contribution in [0.4, 0.5) is 0 Å². The van der Waals surface area contributed by atoms with Gasteiger partial charge in [0, 0.05) is 24.5 Å². The molecule has 0 radical (unpaired) electrons. The number of rotatable bonds is 4. The third-order valence-corrected chi connectivity index (χ3v) is 4.45. The van der Waals surface area contributed by atoms with Gasteiger partial charge in [-0.25, -0.2) is 0 Å². The molecule has 0 unspecified atom stereocenters. The van der Waals surface area contributed by atoms with Crippen molar-refractivity contribution in [1.82, 2.24) is 9.47 Å². The molecule has 21 heavy (non-hydrogen) atoms. The summed E-state index contributed by atoms with van der Waals surface area (Å²) in [5.41, 5.74) is 3.91. The molecule has 4 heteroatoms. The molecule has 114 valence electrons. The Morgan fingerprint density at radius 1 is 1.33 bits per heavy atom. The number of aryl methyl sites for hydroxylation is 1. The number of aliphatic hydroxyl groups is 1. The van der Waals surface area contributed by atoms with E-state index in [9.17, 15) is 5.11 Å². The quantitative estimate of drug-likeness (QED) is 0.940. The first kappa shape index (κ1) is 14.4. The number of nitrogens with zero attached hydrogens (tertiary/aromatic N) is 2. The highest BCUT2D eigenvalue weighted by atomic mass is 16.3. The summed E-state index contributed by atoms with van der Waals surface area (Å²) in [5.74, 6) is 0.983. The summed E-state index contributed by atoms with van der Waals surface area (Å²) in [4.78, 5) is 2.35. The van der Waals surface area contributed by atoms with Crippen molar-refractivity contribution >= 4 is 0 Å². The Morgan fingerprint density at radius 2 is 2.19 bits per heavy atom. The minimum atomic E-state index is -0.162. The molecule has 4 nitrogen and oxygen atoms in total. The van der Waals surface area contributed by atoms with E-state index < -0.39 is 0 Å². The Balaban J connectivity index is 1.74. The van der Waals surface area contributed by atoms with Crippen molar-refractivity contribution in [3.63, 3.8) is 0 Å². The molecule has 0 aliphatic carbocycles. The normalized spacial score (nSPS) is 20.0. The average molecular weight is 288 g/mol. The number of hydrogen-bond donors (Lipinski definition) is 1. The second-order valence-electron chi connectivity index (χ2n) is 6.09. The topological polar surface area (TPSA) is 41.5 Å². The van der Waals surface area contributed by atoms with Gasteiger partial charge in [0.15, 0.2) is 0 Å². The van der Waals surface area contributed by atoms with Crippen LogP contribution in [-0.4, -0.2) is 33.8 Å². The van der Waals surface area contributed by atoms with E-state index in [1.807, 2.05) is 12.1 Å². The smallest absolute Gasteiger partial charge is 0.123 e.